The van der Waals surface area contributed by atoms with Gasteiger partial charge >= 0.3 is 0 Å². The van der Waals surface area contributed by atoms with Crippen LogP contribution in [-0.2, 0) is 6.54 Å². The highest BCUT2D eigenvalue weighted by Crippen LogP contribution is 2.34. The maximum absolute atomic E-state index is 5.90. The molecule has 1 saturated carbocycles. The first-order valence-electron chi connectivity index (χ1n) is 5.78. The minimum Gasteiger partial charge on any atom is -0.310 e. The highest BCUT2D eigenvalue weighted by atomic mass is 35.5. The van der Waals surface area contributed by atoms with Crippen LogP contribution in [0.25, 0.3) is 0 Å². The van der Waals surface area contributed by atoms with Crippen LogP contribution in [0.1, 0.15) is 17.7 Å². The molecule has 0 aliphatic heterocycles. The minimum atomic E-state index is 0.690. The quantitative estimate of drug-likeness (QED) is 0.844. The Kier molecular flexibility index (Phi) is 4.25. The third-order valence-electron chi connectivity index (χ3n) is 3.11. The van der Waals surface area contributed by atoms with Crippen molar-refractivity contribution in [2.75, 3.05) is 20.6 Å². The molecule has 0 radical (unpaired) electrons. The highest BCUT2D eigenvalue weighted by Gasteiger charge is 2.31. The van der Waals surface area contributed by atoms with Gasteiger partial charge in [-0.15, -0.1) is 11.3 Å². The standard InChI is InChI=1S/C12H19ClN2S/c1-15(2)11(9-3-4-9)8-14-7-10-5-6-12(13)16-10/h5-6,9,11,14H,3-4,7-8H2,1-2H3. The average Bonchev–Trinajstić information content (AvgIpc) is 2.97. The summed E-state index contributed by atoms with van der Waals surface area (Å²) < 4.78 is 0.878. The van der Waals surface area contributed by atoms with Gasteiger partial charge in [-0.1, -0.05) is 11.6 Å². The Morgan fingerprint density at radius 1 is 1.50 bits per heavy atom. The zero-order chi connectivity index (χ0) is 11.5. The normalized spacial score (nSPS) is 18.0. The summed E-state index contributed by atoms with van der Waals surface area (Å²) in [4.78, 5) is 3.66. The Labute approximate surface area is 107 Å². The lowest BCUT2D eigenvalue weighted by Gasteiger charge is -2.24. The maximum atomic E-state index is 5.90. The first kappa shape index (κ1) is 12.4. The molecule has 1 heterocycles. The third kappa shape index (κ3) is 3.45. The van der Waals surface area contributed by atoms with Crippen molar-refractivity contribution in [1.29, 1.82) is 0 Å². The number of rotatable bonds is 6. The minimum absolute atomic E-state index is 0.690. The Morgan fingerprint density at radius 3 is 2.75 bits per heavy atom. The third-order valence-corrected chi connectivity index (χ3v) is 4.34. The number of hydrogen-bond acceptors (Lipinski definition) is 3. The zero-order valence-electron chi connectivity index (χ0n) is 9.87. The second-order valence-electron chi connectivity index (χ2n) is 4.71. The number of halogens is 1. The van der Waals surface area contributed by atoms with Crippen molar-refractivity contribution in [2.24, 2.45) is 5.92 Å². The smallest absolute Gasteiger partial charge is 0.0931 e. The van der Waals surface area contributed by atoms with Crippen molar-refractivity contribution in [1.82, 2.24) is 10.2 Å². The number of nitrogens with zero attached hydrogens (tertiary/aromatic N) is 1. The van der Waals surface area contributed by atoms with Gasteiger partial charge in [0.15, 0.2) is 0 Å². The topological polar surface area (TPSA) is 15.3 Å². The van der Waals surface area contributed by atoms with Crippen molar-refractivity contribution in [3.8, 4) is 0 Å². The van der Waals surface area contributed by atoms with Gasteiger partial charge in [-0.2, -0.15) is 0 Å². The van der Waals surface area contributed by atoms with E-state index < -0.39 is 0 Å². The monoisotopic (exact) mass is 258 g/mol. The van der Waals surface area contributed by atoms with Gasteiger partial charge in [-0.25, -0.2) is 0 Å². The van der Waals surface area contributed by atoms with E-state index in [2.05, 4.69) is 30.4 Å². The van der Waals surface area contributed by atoms with E-state index in [0.717, 1.165) is 23.3 Å². The Morgan fingerprint density at radius 2 is 2.25 bits per heavy atom. The van der Waals surface area contributed by atoms with Gasteiger partial charge in [0.2, 0.25) is 0 Å². The molecule has 1 N–H and O–H groups in total. The molecule has 1 aromatic heterocycles. The van der Waals surface area contributed by atoms with Gasteiger partial charge < -0.3 is 10.2 Å². The van der Waals surface area contributed by atoms with Crippen LogP contribution in [0.15, 0.2) is 12.1 Å². The van der Waals surface area contributed by atoms with Crippen molar-refractivity contribution in [3.63, 3.8) is 0 Å². The van der Waals surface area contributed by atoms with E-state index in [9.17, 15) is 0 Å². The highest BCUT2D eigenvalue weighted by molar-refractivity contribution is 7.16. The molecule has 1 unspecified atom stereocenters. The SMILES string of the molecule is CN(C)C(CNCc1ccc(Cl)s1)C1CC1. The van der Waals surface area contributed by atoms with Crippen molar-refractivity contribution in [3.05, 3.63) is 21.3 Å². The van der Waals surface area contributed by atoms with E-state index in [1.165, 1.54) is 17.7 Å². The molecule has 0 amide bonds. The second kappa shape index (κ2) is 5.50. The molecule has 0 saturated heterocycles. The number of likely N-dealkylation sites (N-methyl/N-ethyl adjacent to an activating group) is 1. The summed E-state index contributed by atoms with van der Waals surface area (Å²) in [7, 11) is 4.35. The molecule has 1 atom stereocenters. The van der Waals surface area contributed by atoms with E-state index in [1.54, 1.807) is 11.3 Å². The molecule has 90 valence electrons. The van der Waals surface area contributed by atoms with Crippen LogP contribution in [0.5, 0.6) is 0 Å². The molecule has 2 nitrogen and oxygen atoms in total. The van der Waals surface area contributed by atoms with Crippen molar-refractivity contribution < 1.29 is 0 Å². The first-order chi connectivity index (χ1) is 7.66. The summed E-state index contributed by atoms with van der Waals surface area (Å²) in [5, 5.41) is 3.53. The van der Waals surface area contributed by atoms with Gasteiger partial charge in [0.05, 0.1) is 4.34 Å². The summed E-state index contributed by atoms with van der Waals surface area (Å²) in [5.41, 5.74) is 0. The summed E-state index contributed by atoms with van der Waals surface area (Å²) in [6.07, 6.45) is 2.80. The van der Waals surface area contributed by atoms with Crippen molar-refractivity contribution >= 4 is 22.9 Å². The lowest BCUT2D eigenvalue weighted by molar-refractivity contribution is 0.255. The van der Waals surface area contributed by atoms with E-state index in [4.69, 9.17) is 11.6 Å². The molecule has 4 heteroatoms. The number of hydrogen-bond donors (Lipinski definition) is 1. The lowest BCUT2D eigenvalue weighted by atomic mass is 10.1. The predicted octanol–water partition coefficient (Wildman–Crippen LogP) is 2.83. The maximum Gasteiger partial charge on any atom is 0.0931 e. The van der Waals surface area contributed by atoms with E-state index in [-0.39, 0.29) is 0 Å². The van der Waals surface area contributed by atoms with Crippen LogP contribution in [0.4, 0.5) is 0 Å². The van der Waals surface area contributed by atoms with Gasteiger partial charge in [0.25, 0.3) is 0 Å². The van der Waals surface area contributed by atoms with Crippen LogP contribution < -0.4 is 5.32 Å². The fourth-order valence-electron chi connectivity index (χ4n) is 2.04. The van der Waals surface area contributed by atoms with Crippen LogP contribution in [-0.4, -0.2) is 31.6 Å². The average molecular weight is 259 g/mol. The molecule has 0 bridgehead atoms. The van der Waals surface area contributed by atoms with E-state index in [0.29, 0.717) is 6.04 Å². The molecule has 0 spiro atoms. The number of nitrogens with one attached hydrogen (secondary N) is 1. The van der Waals surface area contributed by atoms with E-state index >= 15 is 0 Å². The summed E-state index contributed by atoms with van der Waals surface area (Å²) in [6.45, 7) is 2.02. The van der Waals surface area contributed by atoms with Crippen LogP contribution in [0, 0.1) is 5.92 Å². The van der Waals surface area contributed by atoms with Gasteiger partial charge in [-0.3, -0.25) is 0 Å². The molecular formula is C12H19ClN2S. The van der Waals surface area contributed by atoms with Crippen molar-refractivity contribution in [2.45, 2.75) is 25.4 Å². The fourth-order valence-corrected chi connectivity index (χ4v) is 3.10. The zero-order valence-corrected chi connectivity index (χ0v) is 11.4. The summed E-state index contributed by atoms with van der Waals surface area (Å²) in [6, 6.07) is 4.76. The molecular weight excluding hydrogens is 240 g/mol. The van der Waals surface area contributed by atoms with Crippen LogP contribution in [0.3, 0.4) is 0 Å². The Bertz CT molecular complexity index is 332. The van der Waals surface area contributed by atoms with Gasteiger partial charge in [0, 0.05) is 24.0 Å². The molecule has 1 fully saturated rings. The molecule has 1 aromatic rings. The number of thiophene rings is 1. The van der Waals surface area contributed by atoms with Gasteiger partial charge in [0.1, 0.15) is 0 Å². The largest absolute Gasteiger partial charge is 0.310 e. The first-order valence-corrected chi connectivity index (χ1v) is 6.97. The molecule has 0 aromatic carbocycles. The van der Waals surface area contributed by atoms with Gasteiger partial charge in [-0.05, 0) is 45.0 Å². The lowest BCUT2D eigenvalue weighted by Crippen LogP contribution is -2.39. The van der Waals surface area contributed by atoms with E-state index in [1.807, 2.05) is 6.07 Å². The molecule has 16 heavy (non-hydrogen) atoms. The molecule has 1 aliphatic carbocycles. The summed E-state index contributed by atoms with van der Waals surface area (Å²) in [5.74, 6) is 0.912. The fraction of sp³-hybridized carbons (Fsp3) is 0.667. The summed E-state index contributed by atoms with van der Waals surface area (Å²) >= 11 is 7.56. The molecule has 2 rings (SSSR count). The predicted molar refractivity (Wildman–Crippen MR) is 71.2 cm³/mol. The Balaban J connectivity index is 1.74. The second-order valence-corrected chi connectivity index (χ2v) is 6.50. The van der Waals surface area contributed by atoms with Crippen LogP contribution in [0.2, 0.25) is 4.34 Å². The van der Waals surface area contributed by atoms with Crippen LogP contribution >= 0.6 is 22.9 Å². The molecule has 1 aliphatic rings. The Hall–Kier alpha value is -0.0900.